The van der Waals surface area contributed by atoms with Crippen molar-refractivity contribution in [3.8, 4) is 0 Å². The van der Waals surface area contributed by atoms with Gasteiger partial charge in [0.05, 0.1) is 0 Å². The third-order valence-electron chi connectivity index (χ3n) is 2.65. The van der Waals surface area contributed by atoms with E-state index in [1.54, 1.807) is 0 Å². The van der Waals surface area contributed by atoms with E-state index in [1.165, 1.54) is 16.0 Å². The van der Waals surface area contributed by atoms with Crippen LogP contribution >= 0.6 is 11.3 Å². The molecule has 2 aromatic rings. The molecule has 0 amide bonds. The lowest BCUT2D eigenvalue weighted by molar-refractivity contribution is 0.0966. The van der Waals surface area contributed by atoms with Gasteiger partial charge in [0, 0.05) is 5.56 Å². The average Bonchev–Trinajstić information content (AvgIpc) is 2.71. The number of ketones is 1. The van der Waals surface area contributed by atoms with Crippen molar-refractivity contribution in [3.05, 3.63) is 45.2 Å². The third kappa shape index (κ3) is 2.73. The van der Waals surface area contributed by atoms with Crippen molar-refractivity contribution >= 4 is 17.1 Å². The van der Waals surface area contributed by atoms with E-state index in [1.807, 2.05) is 38.1 Å². The molecule has 2 rings (SSSR count). The monoisotopic (exact) mass is 261 g/mol. The van der Waals surface area contributed by atoms with Crippen LogP contribution < -0.4 is 4.80 Å². The molecule has 1 N–H and O–H groups in total. The Labute approximate surface area is 109 Å². The summed E-state index contributed by atoms with van der Waals surface area (Å²) in [6.45, 7) is 4.11. The van der Waals surface area contributed by atoms with E-state index >= 15 is 0 Å². The summed E-state index contributed by atoms with van der Waals surface area (Å²) in [5, 5.41) is 12.9. The molecule has 0 radical (unpaired) electrons. The summed E-state index contributed by atoms with van der Waals surface area (Å²) in [6, 6.07) is 7.46. The molecule has 1 aromatic carbocycles. The van der Waals surface area contributed by atoms with E-state index in [0.717, 1.165) is 17.0 Å². The van der Waals surface area contributed by atoms with Gasteiger partial charge in [-0.2, -0.15) is 5.10 Å². The van der Waals surface area contributed by atoms with Crippen LogP contribution in [-0.2, 0) is 13.0 Å². The minimum atomic E-state index is -0.0125. The molecule has 0 saturated heterocycles. The molecule has 1 heterocycles. The van der Waals surface area contributed by atoms with Gasteiger partial charge in [0.1, 0.15) is 11.6 Å². The van der Waals surface area contributed by atoms with Gasteiger partial charge in [-0.25, -0.2) is 4.68 Å². The van der Waals surface area contributed by atoms with Crippen LogP contribution in [0.2, 0.25) is 0 Å². The van der Waals surface area contributed by atoms with Crippen LogP contribution in [0.15, 0.2) is 24.3 Å². The van der Waals surface area contributed by atoms with E-state index in [9.17, 15) is 4.79 Å². The Bertz CT molecular complexity index is 610. The Balaban J connectivity index is 2.18. The first-order valence-electron chi connectivity index (χ1n) is 5.81. The molecule has 0 aliphatic rings. The molecule has 0 atom stereocenters. The SMILES string of the molecule is CCc1nn(CC(=O)c2ccc(C)cc2)c(=N)s1. The quantitative estimate of drug-likeness (QED) is 0.858. The number of benzene rings is 1. The van der Waals surface area contributed by atoms with Gasteiger partial charge >= 0.3 is 0 Å². The fraction of sp³-hybridized carbons (Fsp3) is 0.308. The zero-order chi connectivity index (χ0) is 13.1. The zero-order valence-corrected chi connectivity index (χ0v) is 11.3. The number of carbonyl (C=O) groups is 1. The van der Waals surface area contributed by atoms with Gasteiger partial charge in [0.15, 0.2) is 5.78 Å². The van der Waals surface area contributed by atoms with Crippen molar-refractivity contribution in [2.24, 2.45) is 0 Å². The van der Waals surface area contributed by atoms with Crippen molar-refractivity contribution in [2.75, 3.05) is 0 Å². The minimum Gasteiger partial charge on any atom is -0.292 e. The molecule has 0 bridgehead atoms. The van der Waals surface area contributed by atoms with Gasteiger partial charge in [0.2, 0.25) is 4.80 Å². The first-order valence-corrected chi connectivity index (χ1v) is 6.63. The highest BCUT2D eigenvalue weighted by Crippen LogP contribution is 2.06. The molecule has 4 nitrogen and oxygen atoms in total. The summed E-state index contributed by atoms with van der Waals surface area (Å²) in [5.74, 6) is -0.0125. The Hall–Kier alpha value is -1.75. The number of hydrogen-bond acceptors (Lipinski definition) is 4. The summed E-state index contributed by atoms with van der Waals surface area (Å²) in [7, 11) is 0. The van der Waals surface area contributed by atoms with Crippen LogP contribution in [-0.4, -0.2) is 15.6 Å². The average molecular weight is 261 g/mol. The predicted octanol–water partition coefficient (Wildman–Crippen LogP) is 2.18. The maximum atomic E-state index is 12.0. The summed E-state index contributed by atoms with van der Waals surface area (Å²) in [6.07, 6.45) is 0.794. The summed E-state index contributed by atoms with van der Waals surface area (Å²) in [4.78, 5) is 12.4. The van der Waals surface area contributed by atoms with Gasteiger partial charge < -0.3 is 0 Å². The standard InChI is InChI=1S/C13H15N3OS/c1-3-12-15-16(13(14)18-12)8-11(17)10-6-4-9(2)5-7-10/h4-7,14H,3,8H2,1-2H3. The molecule has 0 fully saturated rings. The summed E-state index contributed by atoms with van der Waals surface area (Å²) >= 11 is 1.32. The molecule has 0 spiro atoms. The summed E-state index contributed by atoms with van der Waals surface area (Å²) < 4.78 is 1.46. The van der Waals surface area contributed by atoms with Gasteiger partial charge in [0.25, 0.3) is 0 Å². The second-order valence-corrected chi connectivity index (χ2v) is 5.16. The van der Waals surface area contributed by atoms with Crippen molar-refractivity contribution in [2.45, 2.75) is 26.8 Å². The highest BCUT2D eigenvalue weighted by atomic mass is 32.1. The molecule has 0 saturated carbocycles. The fourth-order valence-corrected chi connectivity index (χ4v) is 2.30. The Kier molecular flexibility index (Phi) is 3.72. The van der Waals surface area contributed by atoms with E-state index in [0.29, 0.717) is 10.4 Å². The number of hydrogen-bond donors (Lipinski definition) is 1. The molecule has 0 unspecified atom stereocenters. The number of aryl methyl sites for hydroxylation is 2. The molecule has 18 heavy (non-hydrogen) atoms. The molecule has 1 aromatic heterocycles. The van der Waals surface area contributed by atoms with Crippen molar-refractivity contribution < 1.29 is 4.79 Å². The molecular formula is C13H15N3OS. The predicted molar refractivity (Wildman–Crippen MR) is 70.8 cm³/mol. The molecule has 0 aliphatic heterocycles. The number of aromatic nitrogens is 2. The van der Waals surface area contributed by atoms with Crippen LogP contribution in [0, 0.1) is 12.3 Å². The number of nitrogens with zero attached hydrogens (tertiary/aromatic N) is 2. The number of nitrogens with one attached hydrogen (secondary N) is 1. The lowest BCUT2D eigenvalue weighted by atomic mass is 10.1. The highest BCUT2D eigenvalue weighted by Gasteiger charge is 2.09. The van der Waals surface area contributed by atoms with Crippen molar-refractivity contribution in [3.63, 3.8) is 0 Å². The maximum Gasteiger partial charge on any atom is 0.200 e. The zero-order valence-electron chi connectivity index (χ0n) is 10.4. The normalized spacial score (nSPS) is 10.6. The second-order valence-electron chi connectivity index (χ2n) is 4.10. The van der Waals surface area contributed by atoms with Crippen molar-refractivity contribution in [1.29, 1.82) is 5.41 Å². The lowest BCUT2D eigenvalue weighted by Gasteiger charge is -2.01. The summed E-state index contributed by atoms with van der Waals surface area (Å²) in [5.41, 5.74) is 1.79. The second kappa shape index (κ2) is 5.27. The van der Waals surface area contributed by atoms with Gasteiger partial charge in [-0.05, 0) is 13.3 Å². The lowest BCUT2D eigenvalue weighted by Crippen LogP contribution is -2.21. The molecule has 0 aliphatic carbocycles. The van der Waals surface area contributed by atoms with Gasteiger partial charge in [-0.3, -0.25) is 10.2 Å². The smallest absolute Gasteiger partial charge is 0.200 e. The fourth-order valence-electron chi connectivity index (χ4n) is 1.58. The first-order chi connectivity index (χ1) is 8.60. The molecular weight excluding hydrogens is 246 g/mol. The van der Waals surface area contributed by atoms with E-state index in [-0.39, 0.29) is 12.3 Å². The Morgan fingerprint density at radius 3 is 2.61 bits per heavy atom. The molecule has 5 heteroatoms. The Morgan fingerprint density at radius 2 is 2.06 bits per heavy atom. The third-order valence-corrected chi connectivity index (χ3v) is 3.66. The van der Waals surface area contributed by atoms with Crippen LogP contribution in [0.25, 0.3) is 0 Å². The van der Waals surface area contributed by atoms with E-state index in [4.69, 9.17) is 5.41 Å². The van der Waals surface area contributed by atoms with E-state index in [2.05, 4.69) is 5.10 Å². The number of rotatable bonds is 4. The van der Waals surface area contributed by atoms with Gasteiger partial charge in [-0.15, -0.1) is 0 Å². The van der Waals surface area contributed by atoms with Crippen LogP contribution in [0.1, 0.15) is 27.9 Å². The molecule has 94 valence electrons. The highest BCUT2D eigenvalue weighted by molar-refractivity contribution is 7.08. The Morgan fingerprint density at radius 1 is 1.39 bits per heavy atom. The number of carbonyl (C=O) groups excluding carboxylic acids is 1. The first kappa shape index (κ1) is 12.7. The topological polar surface area (TPSA) is 58.7 Å². The number of Topliss-reactive ketones (excluding diaryl/α,β-unsaturated/α-hetero) is 1. The largest absolute Gasteiger partial charge is 0.292 e. The van der Waals surface area contributed by atoms with Crippen molar-refractivity contribution in [1.82, 2.24) is 9.78 Å². The maximum absolute atomic E-state index is 12.0. The minimum absolute atomic E-state index is 0.0125. The van der Waals surface area contributed by atoms with Gasteiger partial charge in [-0.1, -0.05) is 48.1 Å². The van der Waals surface area contributed by atoms with Crippen LogP contribution in [0.5, 0.6) is 0 Å². The van der Waals surface area contributed by atoms with Crippen LogP contribution in [0.4, 0.5) is 0 Å². The van der Waals surface area contributed by atoms with E-state index < -0.39 is 0 Å². The van der Waals surface area contributed by atoms with Crippen LogP contribution in [0.3, 0.4) is 0 Å².